The van der Waals surface area contributed by atoms with Crippen LogP contribution in [-0.4, -0.2) is 0 Å². The molecule has 0 fully saturated rings. The number of allylic oxidation sites excluding steroid dienone is 4. The standard InChI is InChI=1S/C54H37NOS/c1-5-16-36(17-6-1)40-29-32-47(46(34-40)39-22-11-4-12-23-39)55(48-33-31-42(38-20-9-3-10-21-38)54-52(48)45-24-13-14-27-51(45)57-54)49-26-15-25-44-43-30-28-41(35-50(43)56-53(44)49)37-18-7-2-8-19-37/h1-18,20-35,37H,19H2. The van der Waals surface area contributed by atoms with E-state index in [1.54, 1.807) is 0 Å². The van der Waals surface area contributed by atoms with Gasteiger partial charge in [0.2, 0.25) is 0 Å². The van der Waals surface area contributed by atoms with E-state index < -0.39 is 0 Å². The Hall–Kier alpha value is -6.94. The summed E-state index contributed by atoms with van der Waals surface area (Å²) in [6.45, 7) is 0. The minimum atomic E-state index is 0.337. The van der Waals surface area contributed by atoms with Crippen LogP contribution in [0.3, 0.4) is 0 Å². The monoisotopic (exact) mass is 747 g/mol. The highest BCUT2D eigenvalue weighted by Crippen LogP contribution is 2.52. The van der Waals surface area contributed by atoms with Gasteiger partial charge in [-0.1, -0.05) is 170 Å². The molecule has 0 radical (unpaired) electrons. The first-order chi connectivity index (χ1) is 28.3. The van der Waals surface area contributed by atoms with Gasteiger partial charge in [0.25, 0.3) is 0 Å². The normalized spacial score (nSPS) is 13.9. The Morgan fingerprint density at radius 2 is 1.19 bits per heavy atom. The molecule has 3 heteroatoms. The van der Waals surface area contributed by atoms with Crippen LogP contribution in [0.2, 0.25) is 0 Å². The van der Waals surface area contributed by atoms with Crippen molar-refractivity contribution in [3.63, 3.8) is 0 Å². The lowest BCUT2D eigenvalue weighted by atomic mass is 9.92. The second-order valence-electron chi connectivity index (χ2n) is 14.8. The van der Waals surface area contributed by atoms with Gasteiger partial charge in [-0.05, 0) is 76.2 Å². The fourth-order valence-electron chi connectivity index (χ4n) is 8.66. The van der Waals surface area contributed by atoms with E-state index >= 15 is 0 Å². The zero-order chi connectivity index (χ0) is 37.7. The van der Waals surface area contributed by atoms with Gasteiger partial charge in [0.1, 0.15) is 5.58 Å². The van der Waals surface area contributed by atoms with Gasteiger partial charge in [0.15, 0.2) is 5.58 Å². The van der Waals surface area contributed by atoms with Gasteiger partial charge < -0.3 is 9.32 Å². The van der Waals surface area contributed by atoms with E-state index in [4.69, 9.17) is 4.42 Å². The number of hydrogen-bond acceptors (Lipinski definition) is 3. The van der Waals surface area contributed by atoms with Crippen LogP contribution in [-0.2, 0) is 0 Å². The topological polar surface area (TPSA) is 16.4 Å². The van der Waals surface area contributed by atoms with Crippen molar-refractivity contribution >= 4 is 70.5 Å². The number of thiophene rings is 1. The van der Waals surface area contributed by atoms with Gasteiger partial charge in [0, 0.05) is 42.4 Å². The molecule has 1 atom stereocenters. The zero-order valence-corrected chi connectivity index (χ0v) is 32.0. The Bertz CT molecular complexity index is 3150. The van der Waals surface area contributed by atoms with Gasteiger partial charge >= 0.3 is 0 Å². The van der Waals surface area contributed by atoms with Gasteiger partial charge in [-0.15, -0.1) is 11.3 Å². The van der Waals surface area contributed by atoms with E-state index in [0.717, 1.165) is 56.5 Å². The minimum Gasteiger partial charge on any atom is -0.454 e. The summed E-state index contributed by atoms with van der Waals surface area (Å²) in [4.78, 5) is 2.47. The van der Waals surface area contributed by atoms with Gasteiger partial charge in [-0.25, -0.2) is 0 Å². The summed E-state index contributed by atoms with van der Waals surface area (Å²) < 4.78 is 9.60. The maximum absolute atomic E-state index is 7.07. The van der Waals surface area contributed by atoms with Crippen LogP contribution in [0.15, 0.2) is 211 Å². The number of benzene rings is 8. The molecule has 1 aliphatic rings. The molecule has 57 heavy (non-hydrogen) atoms. The Morgan fingerprint density at radius 1 is 0.491 bits per heavy atom. The molecule has 0 N–H and O–H groups in total. The number of fused-ring (bicyclic) bond motifs is 6. The summed E-state index contributed by atoms with van der Waals surface area (Å²) in [6.07, 6.45) is 9.81. The predicted molar refractivity (Wildman–Crippen MR) is 243 cm³/mol. The van der Waals surface area contributed by atoms with E-state index in [1.807, 2.05) is 11.3 Å². The summed E-state index contributed by atoms with van der Waals surface area (Å²) in [5.74, 6) is 0.337. The maximum atomic E-state index is 7.07. The second-order valence-corrected chi connectivity index (χ2v) is 15.8. The molecule has 2 aromatic heterocycles. The van der Waals surface area contributed by atoms with Crippen LogP contribution in [0.1, 0.15) is 17.9 Å². The van der Waals surface area contributed by atoms with E-state index in [2.05, 4.69) is 211 Å². The van der Waals surface area contributed by atoms with Gasteiger partial charge in [-0.3, -0.25) is 0 Å². The summed E-state index contributed by atoms with van der Waals surface area (Å²) in [5.41, 5.74) is 13.3. The van der Waals surface area contributed by atoms with E-state index in [1.165, 1.54) is 48.0 Å². The van der Waals surface area contributed by atoms with Crippen molar-refractivity contribution in [2.24, 2.45) is 0 Å². The highest BCUT2D eigenvalue weighted by atomic mass is 32.1. The SMILES string of the molecule is C1=CCC(c2ccc3c(c2)oc2c(N(c4ccc(-c5ccccc5)cc4-c4ccccc4)c4ccc(-c5ccccc5)c5sc6ccccc6c45)cccc23)C=C1. The molecule has 8 aromatic carbocycles. The number of rotatable bonds is 7. The van der Waals surface area contributed by atoms with Gasteiger partial charge in [0.05, 0.1) is 17.1 Å². The molecule has 0 spiro atoms. The van der Waals surface area contributed by atoms with E-state index in [0.29, 0.717) is 5.92 Å². The molecule has 0 saturated carbocycles. The molecule has 0 saturated heterocycles. The molecule has 0 aliphatic heterocycles. The average molecular weight is 748 g/mol. The fraction of sp³-hybridized carbons (Fsp3) is 0.0370. The van der Waals surface area contributed by atoms with Crippen molar-refractivity contribution in [1.29, 1.82) is 0 Å². The van der Waals surface area contributed by atoms with Crippen LogP contribution in [0.5, 0.6) is 0 Å². The zero-order valence-electron chi connectivity index (χ0n) is 31.2. The third-order valence-electron chi connectivity index (χ3n) is 11.4. The lowest BCUT2D eigenvalue weighted by molar-refractivity contribution is 0.667. The second kappa shape index (κ2) is 14.0. The summed E-state index contributed by atoms with van der Waals surface area (Å²) in [7, 11) is 0. The van der Waals surface area contributed by atoms with E-state index in [9.17, 15) is 0 Å². The highest BCUT2D eigenvalue weighted by molar-refractivity contribution is 7.26. The molecule has 10 aromatic rings. The van der Waals surface area contributed by atoms with Crippen molar-refractivity contribution in [3.8, 4) is 33.4 Å². The van der Waals surface area contributed by atoms with Crippen molar-refractivity contribution in [2.75, 3.05) is 4.90 Å². The first-order valence-corrected chi connectivity index (χ1v) is 20.4. The molecule has 270 valence electrons. The molecule has 1 unspecified atom stereocenters. The lowest BCUT2D eigenvalue weighted by Crippen LogP contribution is -2.12. The third-order valence-corrected chi connectivity index (χ3v) is 12.6. The third kappa shape index (κ3) is 5.78. The smallest absolute Gasteiger partial charge is 0.159 e. The first kappa shape index (κ1) is 33.4. The van der Waals surface area contributed by atoms with Crippen LogP contribution in [0, 0.1) is 0 Å². The van der Waals surface area contributed by atoms with Crippen LogP contribution < -0.4 is 4.90 Å². The van der Waals surface area contributed by atoms with Crippen LogP contribution in [0.4, 0.5) is 17.1 Å². The summed E-state index contributed by atoms with van der Waals surface area (Å²) >= 11 is 1.87. The molecule has 2 heterocycles. The van der Waals surface area contributed by atoms with Gasteiger partial charge in [-0.2, -0.15) is 0 Å². The van der Waals surface area contributed by atoms with Crippen molar-refractivity contribution in [1.82, 2.24) is 0 Å². The number of nitrogens with zero attached hydrogens (tertiary/aromatic N) is 1. The van der Waals surface area contributed by atoms with E-state index in [-0.39, 0.29) is 0 Å². The lowest BCUT2D eigenvalue weighted by Gasteiger charge is -2.29. The predicted octanol–water partition coefficient (Wildman–Crippen LogP) is 16.0. The molecule has 11 rings (SSSR count). The number of furan rings is 1. The van der Waals surface area contributed by atoms with Crippen molar-refractivity contribution in [2.45, 2.75) is 12.3 Å². The molecule has 0 amide bonds. The molecule has 0 bridgehead atoms. The maximum Gasteiger partial charge on any atom is 0.159 e. The average Bonchev–Trinajstić information content (AvgIpc) is 3.87. The molecule has 1 aliphatic carbocycles. The number of anilines is 3. The van der Waals surface area contributed by atoms with Crippen LogP contribution >= 0.6 is 11.3 Å². The largest absolute Gasteiger partial charge is 0.454 e. The molecular weight excluding hydrogens is 711 g/mol. The number of hydrogen-bond donors (Lipinski definition) is 0. The minimum absolute atomic E-state index is 0.337. The highest BCUT2D eigenvalue weighted by Gasteiger charge is 2.26. The Balaban J connectivity index is 1.23. The fourth-order valence-corrected chi connectivity index (χ4v) is 9.92. The molecular formula is C54H37NOS. The van der Waals surface area contributed by atoms with Crippen molar-refractivity contribution < 1.29 is 4.42 Å². The Labute approximate surface area is 335 Å². The van der Waals surface area contributed by atoms with Crippen molar-refractivity contribution in [3.05, 3.63) is 212 Å². The Kier molecular flexibility index (Phi) is 8.19. The Morgan fingerprint density at radius 3 is 1.96 bits per heavy atom. The first-order valence-electron chi connectivity index (χ1n) is 19.6. The quantitative estimate of drug-likeness (QED) is 0.161. The molecule has 2 nitrogen and oxygen atoms in total. The number of para-hydroxylation sites is 1. The summed E-state index contributed by atoms with van der Waals surface area (Å²) in [5, 5.41) is 4.70. The van der Waals surface area contributed by atoms with Crippen LogP contribution in [0.25, 0.3) is 75.5 Å². The summed E-state index contributed by atoms with van der Waals surface area (Å²) in [6, 6.07) is 66.0.